The van der Waals surface area contributed by atoms with E-state index < -0.39 is 23.5 Å². The zero-order valence-corrected chi connectivity index (χ0v) is 11.1. The van der Waals surface area contributed by atoms with Crippen molar-refractivity contribution in [2.75, 3.05) is 19.0 Å². The number of benzene rings is 1. The van der Waals surface area contributed by atoms with Crippen LogP contribution in [0.3, 0.4) is 0 Å². The fourth-order valence-corrected chi connectivity index (χ4v) is 1.77. The second-order valence-corrected chi connectivity index (χ2v) is 4.50. The minimum atomic E-state index is -4.58. The average Bonchev–Trinajstić information content (AvgIpc) is 2.86. The maximum Gasteiger partial charge on any atom is 0.417 e. The minimum absolute atomic E-state index is 0.177. The third-order valence-corrected chi connectivity index (χ3v) is 2.82. The lowest BCUT2D eigenvalue weighted by Gasteiger charge is -2.17. The Balaban J connectivity index is 2.62. The van der Waals surface area contributed by atoms with Crippen molar-refractivity contribution in [3.8, 4) is 11.3 Å². The van der Waals surface area contributed by atoms with Gasteiger partial charge in [-0.15, -0.1) is 0 Å². The first-order valence-corrected chi connectivity index (χ1v) is 5.79. The van der Waals surface area contributed by atoms with Crippen LogP contribution in [0, 0.1) is 0 Å². The van der Waals surface area contributed by atoms with Crippen LogP contribution in [0.25, 0.3) is 11.3 Å². The molecule has 5 nitrogen and oxygen atoms in total. The van der Waals surface area contributed by atoms with Gasteiger partial charge in [-0.05, 0) is 18.2 Å². The van der Waals surface area contributed by atoms with Crippen molar-refractivity contribution in [2.45, 2.75) is 6.18 Å². The summed E-state index contributed by atoms with van der Waals surface area (Å²) in [7, 11) is 3.36. The maximum absolute atomic E-state index is 13.0. The van der Waals surface area contributed by atoms with E-state index >= 15 is 0 Å². The molecule has 0 amide bonds. The molecule has 0 spiro atoms. The van der Waals surface area contributed by atoms with Crippen molar-refractivity contribution in [1.29, 1.82) is 0 Å². The van der Waals surface area contributed by atoms with Gasteiger partial charge in [0.1, 0.15) is 5.69 Å². The Morgan fingerprint density at radius 3 is 2.43 bits per heavy atom. The first-order chi connectivity index (χ1) is 9.70. The van der Waals surface area contributed by atoms with Crippen LogP contribution >= 0.6 is 0 Å². The lowest BCUT2D eigenvalue weighted by atomic mass is 10.0. The summed E-state index contributed by atoms with van der Waals surface area (Å²) < 4.78 is 43.6. The Kier molecular flexibility index (Phi) is 3.63. The van der Waals surface area contributed by atoms with Crippen molar-refractivity contribution in [2.24, 2.45) is 0 Å². The third-order valence-electron chi connectivity index (χ3n) is 2.82. The van der Waals surface area contributed by atoms with Crippen LogP contribution in [0.15, 0.2) is 28.8 Å². The van der Waals surface area contributed by atoms with Crippen molar-refractivity contribution >= 4 is 11.7 Å². The van der Waals surface area contributed by atoms with Gasteiger partial charge in [-0.2, -0.15) is 13.2 Å². The zero-order valence-electron chi connectivity index (χ0n) is 11.1. The summed E-state index contributed by atoms with van der Waals surface area (Å²) in [5, 5.41) is 12.2. The molecule has 1 aromatic heterocycles. The molecular formula is C13H11F3N2O3. The van der Waals surface area contributed by atoms with Crippen molar-refractivity contribution in [1.82, 2.24) is 5.16 Å². The van der Waals surface area contributed by atoms with E-state index in [1.54, 1.807) is 19.0 Å². The number of carboxylic acids is 1. The van der Waals surface area contributed by atoms with Crippen LogP contribution in [-0.2, 0) is 6.18 Å². The van der Waals surface area contributed by atoms with E-state index in [2.05, 4.69) is 9.68 Å². The highest BCUT2D eigenvalue weighted by Crippen LogP contribution is 2.38. The Hall–Kier alpha value is -2.51. The van der Waals surface area contributed by atoms with Crippen molar-refractivity contribution in [3.63, 3.8) is 0 Å². The van der Waals surface area contributed by atoms with Crippen LogP contribution in [0.1, 0.15) is 16.1 Å². The first-order valence-electron chi connectivity index (χ1n) is 5.79. The zero-order chi connectivity index (χ0) is 15.8. The number of anilines is 1. The number of rotatable bonds is 3. The van der Waals surface area contributed by atoms with Gasteiger partial charge in [0.25, 0.3) is 0 Å². The molecule has 0 aliphatic carbocycles. The Morgan fingerprint density at radius 1 is 1.29 bits per heavy atom. The number of aromatic carboxylic acids is 1. The van der Waals surface area contributed by atoms with E-state index in [0.717, 1.165) is 12.1 Å². The quantitative estimate of drug-likeness (QED) is 0.943. The molecule has 2 aromatic rings. The molecule has 1 heterocycles. The molecule has 112 valence electrons. The largest absolute Gasteiger partial charge is 0.475 e. The van der Waals surface area contributed by atoms with Gasteiger partial charge in [0.15, 0.2) is 0 Å². The summed E-state index contributed by atoms with van der Waals surface area (Å²) in [6.45, 7) is 0. The van der Waals surface area contributed by atoms with Crippen molar-refractivity contribution in [3.05, 3.63) is 35.6 Å². The number of hydrogen-bond acceptors (Lipinski definition) is 4. The van der Waals surface area contributed by atoms with Gasteiger partial charge >= 0.3 is 12.1 Å². The molecule has 0 atom stereocenters. The highest BCUT2D eigenvalue weighted by Gasteiger charge is 2.34. The summed E-state index contributed by atoms with van der Waals surface area (Å²) in [5.41, 5.74) is -0.787. The summed E-state index contributed by atoms with van der Waals surface area (Å²) >= 11 is 0. The molecule has 0 unspecified atom stereocenters. The predicted molar refractivity (Wildman–Crippen MR) is 68.2 cm³/mol. The molecule has 0 aliphatic heterocycles. The molecule has 0 saturated carbocycles. The number of carboxylic acid groups (broad SMARTS) is 1. The van der Waals surface area contributed by atoms with Gasteiger partial charge in [-0.3, -0.25) is 0 Å². The Labute approximate surface area is 117 Å². The van der Waals surface area contributed by atoms with Gasteiger partial charge in [-0.1, -0.05) is 5.16 Å². The van der Waals surface area contributed by atoms with Gasteiger partial charge in [0.2, 0.25) is 5.76 Å². The summed E-state index contributed by atoms with van der Waals surface area (Å²) in [6, 6.07) is 4.50. The number of carbonyl (C=O) groups is 1. The van der Waals surface area contributed by atoms with Crippen LogP contribution in [0.5, 0.6) is 0 Å². The number of aromatic nitrogens is 1. The normalized spacial score (nSPS) is 11.5. The Morgan fingerprint density at radius 2 is 1.95 bits per heavy atom. The molecule has 2 rings (SSSR count). The van der Waals surface area contributed by atoms with Crippen molar-refractivity contribution < 1.29 is 27.6 Å². The molecule has 8 heteroatoms. The molecule has 1 aromatic carbocycles. The molecule has 0 bridgehead atoms. The number of halogens is 3. The second kappa shape index (κ2) is 5.12. The lowest BCUT2D eigenvalue weighted by Crippen LogP contribution is -2.12. The first kappa shape index (κ1) is 14.9. The van der Waals surface area contributed by atoms with Crippen LogP contribution in [0.2, 0.25) is 0 Å². The Bertz CT molecular complexity index is 678. The number of alkyl halides is 3. The molecule has 1 N–H and O–H groups in total. The smallest absolute Gasteiger partial charge is 0.417 e. The molecule has 0 aliphatic rings. The second-order valence-electron chi connectivity index (χ2n) is 4.50. The number of hydrogen-bond donors (Lipinski definition) is 1. The van der Waals surface area contributed by atoms with Crippen LogP contribution in [0.4, 0.5) is 18.9 Å². The van der Waals surface area contributed by atoms with Crippen LogP contribution < -0.4 is 4.90 Å². The molecule has 21 heavy (non-hydrogen) atoms. The fourth-order valence-electron chi connectivity index (χ4n) is 1.77. The topological polar surface area (TPSA) is 66.6 Å². The van der Waals surface area contributed by atoms with Gasteiger partial charge < -0.3 is 14.5 Å². The summed E-state index contributed by atoms with van der Waals surface area (Å²) in [4.78, 5) is 12.4. The van der Waals surface area contributed by atoms with E-state index in [1.807, 2.05) is 0 Å². The van der Waals surface area contributed by atoms with E-state index in [-0.39, 0.29) is 11.3 Å². The van der Waals surface area contributed by atoms with Gasteiger partial charge in [0.05, 0.1) is 5.56 Å². The van der Waals surface area contributed by atoms with E-state index in [4.69, 9.17) is 5.11 Å². The van der Waals surface area contributed by atoms with Crippen LogP contribution in [-0.4, -0.2) is 30.3 Å². The minimum Gasteiger partial charge on any atom is -0.475 e. The molecule has 0 radical (unpaired) electrons. The summed E-state index contributed by atoms with van der Waals surface area (Å²) in [5.74, 6) is -1.92. The van der Waals surface area contributed by atoms with E-state index in [0.29, 0.717) is 5.69 Å². The van der Waals surface area contributed by atoms with E-state index in [1.165, 1.54) is 12.1 Å². The summed E-state index contributed by atoms with van der Waals surface area (Å²) in [6.07, 6.45) is -4.58. The maximum atomic E-state index is 13.0. The number of nitrogens with zero attached hydrogens (tertiary/aromatic N) is 2. The fraction of sp³-hybridized carbons (Fsp3) is 0.231. The molecular weight excluding hydrogens is 289 g/mol. The monoisotopic (exact) mass is 300 g/mol. The standard InChI is InChI=1S/C13H11F3N2O3/c1-18(2)7-3-4-9(13(14,15)16)8(5-7)10-6-11(12(19)20)21-17-10/h3-6H,1-2H3,(H,19,20). The van der Waals surface area contributed by atoms with E-state index in [9.17, 15) is 18.0 Å². The molecule has 0 fully saturated rings. The average molecular weight is 300 g/mol. The highest BCUT2D eigenvalue weighted by molar-refractivity contribution is 5.86. The van der Waals surface area contributed by atoms with Gasteiger partial charge in [0, 0.05) is 31.4 Å². The highest BCUT2D eigenvalue weighted by atomic mass is 19.4. The van der Waals surface area contributed by atoms with Gasteiger partial charge in [-0.25, -0.2) is 4.79 Å². The molecule has 0 saturated heterocycles. The third kappa shape index (κ3) is 2.99. The lowest BCUT2D eigenvalue weighted by molar-refractivity contribution is -0.137. The SMILES string of the molecule is CN(C)c1ccc(C(F)(F)F)c(-c2cc(C(=O)O)on2)c1. The predicted octanol–water partition coefficient (Wildman–Crippen LogP) is 3.12.